The maximum atomic E-state index is 13.5. The number of hydrogen-bond acceptors (Lipinski definition) is 6. The molecule has 1 aromatic heterocycles. The number of alkyl halides is 3. The first-order valence-electron chi connectivity index (χ1n) is 8.74. The Hall–Kier alpha value is -0.420. The first kappa shape index (κ1) is 21.3. The Morgan fingerprint density at radius 1 is 1.22 bits per heavy atom. The Kier molecular flexibility index (Phi) is 5.38. The maximum Gasteiger partial charge on any atom is 1.00 e. The molecule has 0 amide bonds. The minimum atomic E-state index is -4.55. The summed E-state index contributed by atoms with van der Waals surface area (Å²) in [5, 5.41) is -0.335. The van der Waals surface area contributed by atoms with E-state index in [1.165, 1.54) is 13.2 Å². The Bertz CT molecular complexity index is 791. The van der Waals surface area contributed by atoms with Gasteiger partial charge in [0.15, 0.2) is 5.69 Å². The topological polar surface area (TPSA) is 72.4 Å². The van der Waals surface area contributed by atoms with Crippen LogP contribution in [0.2, 0.25) is 0 Å². The molecule has 6 nitrogen and oxygen atoms in total. The average molecular weight is 414 g/mol. The fourth-order valence-electron chi connectivity index (χ4n) is 4.38. The number of nitrogens with zero attached hydrogens (tertiary/aromatic N) is 4. The second-order valence-corrected chi connectivity index (χ2v) is 10.2. The molecule has 4 atom stereocenters. The smallest absolute Gasteiger partial charge is 0.771 e. The maximum absolute atomic E-state index is 13.5. The first-order valence-corrected chi connectivity index (χ1v) is 10.9. The number of hydrogen-bond donors (Lipinski definition) is 1. The van der Waals surface area contributed by atoms with Gasteiger partial charge < -0.3 is 24.6 Å². The fraction of sp³-hybridized carbons (Fsp3) is 0.750. The van der Waals surface area contributed by atoms with Crippen LogP contribution in [0, 0.1) is 18.8 Å². The first-order chi connectivity index (χ1) is 12.0. The van der Waals surface area contributed by atoms with E-state index in [2.05, 4.69) is 9.97 Å². The van der Waals surface area contributed by atoms with Crippen molar-refractivity contribution in [1.29, 1.82) is 0 Å². The summed E-state index contributed by atoms with van der Waals surface area (Å²) >= 11 is 0. The Morgan fingerprint density at radius 3 is 2.22 bits per heavy atom. The van der Waals surface area contributed by atoms with Gasteiger partial charge in [-0.25, -0.2) is 9.19 Å². The zero-order chi connectivity index (χ0) is 19.0. The van der Waals surface area contributed by atoms with Crippen LogP contribution in [-0.2, 0) is 16.4 Å². The summed E-state index contributed by atoms with van der Waals surface area (Å²) in [7, 11) is -3.40. The number of piperidine rings is 1. The molecule has 1 saturated carbocycles. The summed E-state index contributed by atoms with van der Waals surface area (Å²) < 4.78 is 63.9. The monoisotopic (exact) mass is 414 g/mol. The number of anilines is 2. The van der Waals surface area contributed by atoms with Crippen molar-refractivity contribution in [2.75, 3.05) is 35.7 Å². The molecule has 0 radical (unpaired) electrons. The number of thiol groups is 1. The van der Waals surface area contributed by atoms with Crippen LogP contribution >= 0.6 is 0 Å². The zero-order valence-corrected chi connectivity index (χ0v) is 18.7. The van der Waals surface area contributed by atoms with Crippen molar-refractivity contribution in [2.24, 2.45) is 11.8 Å². The summed E-state index contributed by atoms with van der Waals surface area (Å²) in [6.45, 7) is 4.83. The van der Waals surface area contributed by atoms with Crippen LogP contribution < -0.4 is 39.4 Å². The third kappa shape index (κ3) is 3.63. The van der Waals surface area contributed by atoms with Gasteiger partial charge in [0, 0.05) is 36.5 Å². The van der Waals surface area contributed by atoms with Crippen LogP contribution in [0.1, 0.15) is 24.6 Å². The van der Waals surface area contributed by atoms with E-state index in [0.717, 1.165) is 6.42 Å². The van der Waals surface area contributed by atoms with Crippen LogP contribution in [-0.4, -0.2) is 55.9 Å². The quantitative estimate of drug-likeness (QED) is 0.486. The van der Waals surface area contributed by atoms with Crippen LogP contribution in [0.4, 0.5) is 24.9 Å². The summed E-state index contributed by atoms with van der Waals surface area (Å²) in [4.78, 5) is 11.8. The van der Waals surface area contributed by atoms with Gasteiger partial charge in [-0.15, -0.1) is 0 Å². The molecule has 1 aromatic rings. The van der Waals surface area contributed by atoms with E-state index in [1.54, 1.807) is 9.80 Å². The molecule has 0 unspecified atom stereocenters. The van der Waals surface area contributed by atoms with Gasteiger partial charge in [-0.05, 0) is 38.4 Å². The summed E-state index contributed by atoms with van der Waals surface area (Å²) in [6.07, 6.45) is -2.40. The van der Waals surface area contributed by atoms with E-state index >= 15 is 0 Å². The predicted octanol–water partition coefficient (Wildman–Crippen LogP) is -1.38. The normalized spacial score (nSPS) is 30.5. The number of aromatic nitrogens is 2. The van der Waals surface area contributed by atoms with Crippen molar-refractivity contribution in [3.63, 3.8) is 0 Å². The van der Waals surface area contributed by atoms with E-state index in [1.807, 2.05) is 6.92 Å². The molecule has 146 valence electrons. The van der Waals surface area contributed by atoms with Crippen LogP contribution in [0.15, 0.2) is 0 Å². The second-order valence-electron chi connectivity index (χ2n) is 7.78. The molecule has 3 aliphatic rings. The molecule has 0 spiro atoms. The standard InChI is InChI=1S/C16H23F3N4O2S.Na/c1-8-4-5-23(8)15-20-13(16(17,18)19)9(2)14(21-15)22-6-10-11(7-22)12(10)26(3,24)25;/h8,10-12,26H,4-7H2,1-3H3,(H,24,25);/q;+1/p-1/t8-,10-,11+,12-;/m0./s1. The molecule has 2 aliphatic heterocycles. The molecule has 0 bridgehead atoms. The molecule has 11 heteroatoms. The number of sulfone groups is 1. The van der Waals surface area contributed by atoms with Crippen molar-refractivity contribution in [3.05, 3.63) is 11.3 Å². The molecular weight excluding hydrogens is 392 g/mol. The Balaban J connectivity index is 0.00000210. The number of rotatable bonds is 3. The van der Waals surface area contributed by atoms with Crippen molar-refractivity contribution in [1.82, 2.24) is 9.97 Å². The molecule has 4 rings (SSSR count). The van der Waals surface area contributed by atoms with Gasteiger partial charge in [-0.1, -0.05) is 0 Å². The summed E-state index contributed by atoms with van der Waals surface area (Å²) in [5.41, 5.74) is -0.896. The Labute approximate surface area is 179 Å². The van der Waals surface area contributed by atoms with Crippen molar-refractivity contribution < 1.29 is 51.5 Å². The van der Waals surface area contributed by atoms with E-state index in [4.69, 9.17) is 0 Å². The average Bonchev–Trinajstić information content (AvgIpc) is 3.03. The van der Waals surface area contributed by atoms with Gasteiger partial charge in [-0.3, -0.25) is 0 Å². The van der Waals surface area contributed by atoms with Gasteiger partial charge in [0.2, 0.25) is 5.95 Å². The largest absolute Gasteiger partial charge is 1.00 e. The van der Waals surface area contributed by atoms with Gasteiger partial charge in [-0.2, -0.15) is 18.2 Å². The molecular formula is C16H22F3N4NaO2S. The van der Waals surface area contributed by atoms with Gasteiger partial charge >= 0.3 is 35.7 Å². The van der Waals surface area contributed by atoms with E-state index in [9.17, 15) is 21.9 Å². The van der Waals surface area contributed by atoms with Crippen molar-refractivity contribution in [3.8, 4) is 0 Å². The molecule has 3 heterocycles. The Morgan fingerprint density at radius 2 is 1.81 bits per heavy atom. The minimum Gasteiger partial charge on any atom is -0.771 e. The molecule has 27 heavy (non-hydrogen) atoms. The number of halogens is 3. The van der Waals surface area contributed by atoms with E-state index < -0.39 is 22.1 Å². The van der Waals surface area contributed by atoms with Crippen LogP contribution in [0.25, 0.3) is 0 Å². The van der Waals surface area contributed by atoms with E-state index in [0.29, 0.717) is 19.6 Å². The molecule has 1 aliphatic carbocycles. The van der Waals surface area contributed by atoms with Crippen molar-refractivity contribution >= 4 is 22.0 Å². The predicted molar refractivity (Wildman–Crippen MR) is 92.4 cm³/mol. The van der Waals surface area contributed by atoms with Crippen LogP contribution in [0.5, 0.6) is 0 Å². The SMILES string of the molecule is Cc1c(N2C[C@@H]3[C@H](C2)[C@@H]3[SH](C)(=O)[O-])nc(N2CC[C@@H]2C)nc1C(F)(F)F.[Na+]. The van der Waals surface area contributed by atoms with Gasteiger partial charge in [0.25, 0.3) is 0 Å². The zero-order valence-electron chi connectivity index (χ0n) is 15.8. The second kappa shape index (κ2) is 6.83. The molecule has 2 saturated heterocycles. The fourth-order valence-corrected chi connectivity index (χ4v) is 6.31. The van der Waals surface area contributed by atoms with E-state index in [-0.39, 0.29) is 70.0 Å². The molecule has 0 aromatic carbocycles. The van der Waals surface area contributed by atoms with Gasteiger partial charge in [0.1, 0.15) is 5.82 Å². The summed E-state index contributed by atoms with van der Waals surface area (Å²) in [6, 6.07) is 0.120. The summed E-state index contributed by atoms with van der Waals surface area (Å²) in [5.74, 6) is 0.389. The third-order valence-corrected chi connectivity index (χ3v) is 7.79. The molecule has 3 fully saturated rings. The van der Waals surface area contributed by atoms with Crippen LogP contribution in [0.3, 0.4) is 0 Å². The number of fused-ring (bicyclic) bond motifs is 1. The molecule has 0 N–H and O–H groups in total. The third-order valence-electron chi connectivity index (χ3n) is 5.94. The van der Waals surface area contributed by atoms with Crippen molar-refractivity contribution in [2.45, 2.75) is 37.7 Å². The minimum absolute atomic E-state index is 0. The van der Waals surface area contributed by atoms with Gasteiger partial charge in [0.05, 0.1) is 0 Å².